The summed E-state index contributed by atoms with van der Waals surface area (Å²) in [5, 5.41) is 6.26. The summed E-state index contributed by atoms with van der Waals surface area (Å²) >= 11 is 0. The van der Waals surface area contributed by atoms with Gasteiger partial charge in [-0.3, -0.25) is 4.79 Å². The van der Waals surface area contributed by atoms with E-state index in [1.54, 1.807) is 19.1 Å². The summed E-state index contributed by atoms with van der Waals surface area (Å²) in [6.07, 6.45) is 0. The normalized spacial score (nSPS) is 10.5. The first-order valence-electron chi connectivity index (χ1n) is 5.05. The van der Waals surface area contributed by atoms with E-state index in [1.807, 2.05) is 0 Å². The van der Waals surface area contributed by atoms with Crippen molar-refractivity contribution in [2.75, 3.05) is 0 Å². The van der Waals surface area contributed by atoms with Gasteiger partial charge in [0.1, 0.15) is 5.76 Å². The lowest BCUT2D eigenvalue weighted by molar-refractivity contribution is 0.0920. The summed E-state index contributed by atoms with van der Waals surface area (Å²) in [6.45, 7) is 2.13. The first-order valence-corrected chi connectivity index (χ1v) is 5.05. The van der Waals surface area contributed by atoms with Gasteiger partial charge in [0.2, 0.25) is 5.89 Å². The van der Waals surface area contributed by atoms with E-state index in [4.69, 9.17) is 14.7 Å². The Labute approximate surface area is 97.0 Å². The summed E-state index contributed by atoms with van der Waals surface area (Å²) in [4.78, 5) is 15.6. The predicted octanol–water partition coefficient (Wildman–Crippen LogP) is 0.360. The summed E-state index contributed by atoms with van der Waals surface area (Å²) in [7, 11) is 0. The van der Waals surface area contributed by atoms with Crippen molar-refractivity contribution >= 4 is 5.91 Å². The monoisotopic (exact) mass is 236 g/mol. The van der Waals surface area contributed by atoms with Gasteiger partial charge >= 0.3 is 0 Å². The Morgan fingerprint density at radius 1 is 1.53 bits per heavy atom. The van der Waals surface area contributed by atoms with Crippen molar-refractivity contribution in [2.24, 2.45) is 5.73 Å². The number of furan rings is 1. The molecule has 0 aliphatic carbocycles. The molecular weight excluding hydrogens is 224 g/mol. The van der Waals surface area contributed by atoms with Crippen LogP contribution in [0.25, 0.3) is 0 Å². The highest BCUT2D eigenvalue weighted by atomic mass is 16.5. The van der Waals surface area contributed by atoms with E-state index in [2.05, 4.69) is 15.5 Å². The number of hydrogen-bond donors (Lipinski definition) is 2. The van der Waals surface area contributed by atoms with Gasteiger partial charge in [-0.25, -0.2) is 0 Å². The zero-order valence-electron chi connectivity index (χ0n) is 9.27. The van der Waals surface area contributed by atoms with Crippen molar-refractivity contribution in [3.63, 3.8) is 0 Å². The van der Waals surface area contributed by atoms with Crippen LogP contribution in [0.15, 0.2) is 21.1 Å². The van der Waals surface area contributed by atoms with Crippen LogP contribution in [-0.2, 0) is 13.1 Å². The maximum atomic E-state index is 11.6. The van der Waals surface area contributed by atoms with Crippen LogP contribution in [0.3, 0.4) is 0 Å². The quantitative estimate of drug-likeness (QED) is 0.793. The minimum atomic E-state index is -0.341. The smallest absolute Gasteiger partial charge is 0.287 e. The maximum Gasteiger partial charge on any atom is 0.287 e. The molecule has 7 heteroatoms. The van der Waals surface area contributed by atoms with Crippen LogP contribution in [0.1, 0.15) is 28.0 Å². The Bertz CT molecular complexity index is 517. The Morgan fingerprint density at radius 2 is 2.35 bits per heavy atom. The highest BCUT2D eigenvalue weighted by molar-refractivity contribution is 5.91. The van der Waals surface area contributed by atoms with Crippen LogP contribution in [0, 0.1) is 6.92 Å². The predicted molar refractivity (Wildman–Crippen MR) is 56.8 cm³/mol. The zero-order chi connectivity index (χ0) is 12.3. The van der Waals surface area contributed by atoms with Crippen molar-refractivity contribution in [1.82, 2.24) is 15.5 Å². The first kappa shape index (κ1) is 11.3. The highest BCUT2D eigenvalue weighted by Gasteiger charge is 2.11. The van der Waals surface area contributed by atoms with E-state index >= 15 is 0 Å². The molecule has 0 spiro atoms. The number of carbonyl (C=O) groups is 1. The molecule has 0 aliphatic rings. The molecule has 2 heterocycles. The average molecular weight is 236 g/mol. The number of aromatic nitrogens is 2. The fraction of sp³-hybridized carbons (Fsp3) is 0.300. The maximum absolute atomic E-state index is 11.6. The third-order valence-electron chi connectivity index (χ3n) is 2.06. The van der Waals surface area contributed by atoms with Gasteiger partial charge in [0.05, 0.1) is 13.1 Å². The van der Waals surface area contributed by atoms with Crippen LogP contribution in [-0.4, -0.2) is 16.0 Å². The highest BCUT2D eigenvalue weighted by Crippen LogP contribution is 2.07. The van der Waals surface area contributed by atoms with Gasteiger partial charge in [-0.1, -0.05) is 5.16 Å². The number of rotatable bonds is 4. The Hall–Kier alpha value is -2.15. The van der Waals surface area contributed by atoms with E-state index in [0.717, 1.165) is 0 Å². The molecule has 0 aliphatic heterocycles. The molecule has 0 aromatic carbocycles. The molecule has 17 heavy (non-hydrogen) atoms. The van der Waals surface area contributed by atoms with Crippen LogP contribution in [0.2, 0.25) is 0 Å². The van der Waals surface area contributed by atoms with Crippen molar-refractivity contribution in [2.45, 2.75) is 20.0 Å². The molecule has 2 aromatic rings. The Balaban J connectivity index is 1.93. The topological polar surface area (TPSA) is 107 Å². The molecule has 90 valence electrons. The number of aryl methyl sites for hydroxylation is 1. The van der Waals surface area contributed by atoms with Gasteiger partial charge in [0.25, 0.3) is 5.91 Å². The van der Waals surface area contributed by atoms with Crippen molar-refractivity contribution in [1.29, 1.82) is 0 Å². The van der Waals surface area contributed by atoms with Gasteiger partial charge < -0.3 is 20.0 Å². The fourth-order valence-corrected chi connectivity index (χ4v) is 1.27. The van der Waals surface area contributed by atoms with E-state index in [-0.39, 0.29) is 24.8 Å². The van der Waals surface area contributed by atoms with Gasteiger partial charge in [0, 0.05) is 6.92 Å². The summed E-state index contributed by atoms with van der Waals surface area (Å²) in [6, 6.07) is 3.23. The Morgan fingerprint density at radius 3 is 2.94 bits per heavy atom. The lowest BCUT2D eigenvalue weighted by Gasteiger charge is -1.98. The van der Waals surface area contributed by atoms with E-state index in [0.29, 0.717) is 17.5 Å². The molecule has 2 aromatic heterocycles. The Kier molecular flexibility index (Phi) is 3.20. The van der Waals surface area contributed by atoms with Gasteiger partial charge in [-0.2, -0.15) is 4.98 Å². The standard InChI is InChI=1S/C10H12N4O3/c1-6-13-9(14-17-6)5-12-10(15)8-3-2-7(4-11)16-8/h2-3H,4-5,11H2,1H3,(H,12,15). The number of nitrogens with zero attached hydrogens (tertiary/aromatic N) is 2. The number of carbonyl (C=O) groups excluding carboxylic acids is 1. The number of nitrogens with one attached hydrogen (secondary N) is 1. The second kappa shape index (κ2) is 4.79. The SMILES string of the molecule is Cc1nc(CNC(=O)c2ccc(CN)o2)no1. The molecule has 0 fully saturated rings. The molecule has 7 nitrogen and oxygen atoms in total. The summed E-state index contributed by atoms with van der Waals surface area (Å²) < 4.78 is 9.96. The number of amides is 1. The van der Waals surface area contributed by atoms with Gasteiger partial charge in [0.15, 0.2) is 11.6 Å². The van der Waals surface area contributed by atoms with Gasteiger partial charge in [-0.15, -0.1) is 0 Å². The second-order valence-electron chi connectivity index (χ2n) is 3.38. The van der Waals surface area contributed by atoms with E-state index in [1.165, 1.54) is 0 Å². The second-order valence-corrected chi connectivity index (χ2v) is 3.38. The molecule has 0 atom stereocenters. The lowest BCUT2D eigenvalue weighted by atomic mass is 10.4. The average Bonchev–Trinajstić information content (AvgIpc) is 2.94. The molecule has 0 saturated carbocycles. The third-order valence-corrected chi connectivity index (χ3v) is 2.06. The molecule has 0 unspecified atom stereocenters. The molecule has 0 radical (unpaired) electrons. The third kappa shape index (κ3) is 2.70. The first-order chi connectivity index (χ1) is 8.19. The van der Waals surface area contributed by atoms with Crippen LogP contribution >= 0.6 is 0 Å². The number of hydrogen-bond acceptors (Lipinski definition) is 6. The van der Waals surface area contributed by atoms with Crippen molar-refractivity contribution < 1.29 is 13.7 Å². The molecule has 3 N–H and O–H groups in total. The van der Waals surface area contributed by atoms with Crippen molar-refractivity contribution in [3.05, 3.63) is 35.4 Å². The minimum absolute atomic E-state index is 0.189. The van der Waals surface area contributed by atoms with Gasteiger partial charge in [-0.05, 0) is 12.1 Å². The molecular formula is C10H12N4O3. The minimum Gasteiger partial charge on any atom is -0.455 e. The van der Waals surface area contributed by atoms with E-state index < -0.39 is 0 Å². The largest absolute Gasteiger partial charge is 0.455 e. The summed E-state index contributed by atoms with van der Waals surface area (Å²) in [5.74, 6) is 1.31. The molecule has 1 amide bonds. The van der Waals surface area contributed by atoms with Crippen LogP contribution in [0.4, 0.5) is 0 Å². The van der Waals surface area contributed by atoms with Crippen molar-refractivity contribution in [3.8, 4) is 0 Å². The van der Waals surface area contributed by atoms with Crippen LogP contribution < -0.4 is 11.1 Å². The molecule has 0 saturated heterocycles. The zero-order valence-corrected chi connectivity index (χ0v) is 9.27. The number of nitrogens with two attached hydrogens (primary N) is 1. The summed E-state index contributed by atoms with van der Waals surface area (Å²) in [5.41, 5.74) is 5.37. The molecule has 2 rings (SSSR count). The molecule has 0 bridgehead atoms. The van der Waals surface area contributed by atoms with Crippen LogP contribution in [0.5, 0.6) is 0 Å². The lowest BCUT2D eigenvalue weighted by Crippen LogP contribution is -2.22. The fourth-order valence-electron chi connectivity index (χ4n) is 1.27. The van der Waals surface area contributed by atoms with E-state index in [9.17, 15) is 4.79 Å².